The summed E-state index contributed by atoms with van der Waals surface area (Å²) in [6.07, 6.45) is 0.880. The fraction of sp³-hybridized carbons (Fsp3) is 0.455. The number of nitrogens with one attached hydrogen (secondary N) is 2. The van der Waals surface area contributed by atoms with Crippen LogP contribution in [0.1, 0.15) is 20.8 Å². The molecule has 0 heterocycles. The third-order valence-electron chi connectivity index (χ3n) is 1.54. The number of carbonyl (C=O) groups is 1. The molecule has 5 heteroatoms. The molecule has 90 valence electrons. The minimum absolute atomic E-state index is 0.0231. The Labute approximate surface area is 95.9 Å². The highest BCUT2D eigenvalue weighted by Gasteiger charge is 2.12. The van der Waals surface area contributed by atoms with Crippen molar-refractivity contribution in [1.29, 1.82) is 5.41 Å². The molecule has 1 amide bonds. The van der Waals surface area contributed by atoms with Gasteiger partial charge in [0.25, 0.3) is 5.91 Å². The van der Waals surface area contributed by atoms with Crippen molar-refractivity contribution in [2.45, 2.75) is 26.8 Å². The zero-order valence-corrected chi connectivity index (χ0v) is 9.96. The normalized spacial score (nSPS) is 11.8. The van der Waals surface area contributed by atoms with Crippen LogP contribution in [0.15, 0.2) is 23.6 Å². The van der Waals surface area contributed by atoms with Crippen molar-refractivity contribution in [2.24, 2.45) is 5.73 Å². The SMILES string of the molecule is C=C(C)CO/C(NC(C)C)=C(/C=N)C(N)=O. The molecule has 0 aliphatic carbocycles. The molecule has 16 heavy (non-hydrogen) atoms. The summed E-state index contributed by atoms with van der Waals surface area (Å²) in [5.74, 6) is -0.472. The number of amides is 1. The Bertz CT molecular complexity index is 319. The van der Waals surface area contributed by atoms with E-state index >= 15 is 0 Å². The van der Waals surface area contributed by atoms with E-state index in [1.54, 1.807) is 6.92 Å². The first-order valence-electron chi connectivity index (χ1n) is 4.96. The molecule has 0 aliphatic rings. The van der Waals surface area contributed by atoms with Crippen molar-refractivity contribution in [3.8, 4) is 0 Å². The van der Waals surface area contributed by atoms with Crippen molar-refractivity contribution in [1.82, 2.24) is 5.32 Å². The van der Waals surface area contributed by atoms with Crippen molar-refractivity contribution < 1.29 is 9.53 Å². The van der Waals surface area contributed by atoms with Gasteiger partial charge in [0.15, 0.2) is 0 Å². The lowest BCUT2D eigenvalue weighted by Gasteiger charge is -2.17. The van der Waals surface area contributed by atoms with Crippen molar-refractivity contribution in [3.63, 3.8) is 0 Å². The maximum atomic E-state index is 11.1. The molecule has 0 spiro atoms. The highest BCUT2D eigenvalue weighted by molar-refractivity contribution is 6.10. The number of primary amides is 1. The Morgan fingerprint density at radius 3 is 2.50 bits per heavy atom. The number of hydrogen-bond acceptors (Lipinski definition) is 4. The van der Waals surface area contributed by atoms with Gasteiger partial charge in [0, 0.05) is 12.3 Å². The molecular formula is C11H19N3O2. The summed E-state index contributed by atoms with van der Waals surface area (Å²) in [7, 11) is 0. The Balaban J connectivity index is 4.94. The molecule has 0 radical (unpaired) electrons. The second kappa shape index (κ2) is 6.66. The van der Waals surface area contributed by atoms with Crippen LogP contribution in [0.5, 0.6) is 0 Å². The van der Waals surface area contributed by atoms with E-state index in [1.807, 2.05) is 13.8 Å². The van der Waals surface area contributed by atoms with Crippen LogP contribution in [0.4, 0.5) is 0 Å². The van der Waals surface area contributed by atoms with E-state index < -0.39 is 5.91 Å². The Morgan fingerprint density at radius 1 is 1.62 bits per heavy atom. The van der Waals surface area contributed by atoms with Gasteiger partial charge >= 0.3 is 0 Å². The van der Waals surface area contributed by atoms with E-state index in [-0.39, 0.29) is 24.1 Å². The highest BCUT2D eigenvalue weighted by Crippen LogP contribution is 2.04. The summed E-state index contributed by atoms with van der Waals surface area (Å²) in [6, 6.07) is 0.0782. The maximum Gasteiger partial charge on any atom is 0.255 e. The first-order valence-corrected chi connectivity index (χ1v) is 4.96. The molecule has 0 aromatic carbocycles. The topological polar surface area (TPSA) is 88.2 Å². The highest BCUT2D eigenvalue weighted by atomic mass is 16.5. The van der Waals surface area contributed by atoms with Gasteiger partial charge in [-0.25, -0.2) is 0 Å². The largest absolute Gasteiger partial charge is 0.474 e. The van der Waals surface area contributed by atoms with E-state index in [2.05, 4.69) is 11.9 Å². The minimum atomic E-state index is -0.695. The molecular weight excluding hydrogens is 206 g/mol. The van der Waals surface area contributed by atoms with Crippen LogP contribution >= 0.6 is 0 Å². The lowest BCUT2D eigenvalue weighted by Crippen LogP contribution is -2.29. The minimum Gasteiger partial charge on any atom is -0.474 e. The van der Waals surface area contributed by atoms with Gasteiger partial charge in [-0.1, -0.05) is 6.58 Å². The first-order chi connectivity index (χ1) is 7.38. The smallest absolute Gasteiger partial charge is 0.255 e. The van der Waals surface area contributed by atoms with Crippen LogP contribution in [0.2, 0.25) is 0 Å². The monoisotopic (exact) mass is 225 g/mol. The molecule has 0 saturated heterocycles. The zero-order chi connectivity index (χ0) is 12.7. The van der Waals surface area contributed by atoms with Crippen LogP contribution in [0.25, 0.3) is 0 Å². The summed E-state index contributed by atoms with van der Waals surface area (Å²) in [5.41, 5.74) is 5.98. The molecule has 0 aliphatic heterocycles. The van der Waals surface area contributed by atoms with Gasteiger partial charge in [-0.15, -0.1) is 0 Å². The summed E-state index contributed by atoms with van der Waals surface area (Å²) in [4.78, 5) is 11.1. The average molecular weight is 225 g/mol. The molecule has 0 fully saturated rings. The summed E-state index contributed by atoms with van der Waals surface area (Å²) in [5, 5.41) is 10.1. The Morgan fingerprint density at radius 2 is 2.19 bits per heavy atom. The quantitative estimate of drug-likeness (QED) is 0.260. The Kier molecular flexibility index (Phi) is 5.92. The molecule has 5 nitrogen and oxygen atoms in total. The number of nitrogens with two attached hydrogens (primary N) is 1. The Hall–Kier alpha value is -1.78. The van der Waals surface area contributed by atoms with E-state index in [1.165, 1.54) is 0 Å². The predicted octanol–water partition coefficient (Wildman–Crippen LogP) is 0.924. The molecule has 0 rings (SSSR count). The van der Waals surface area contributed by atoms with Gasteiger partial charge in [-0.3, -0.25) is 4.79 Å². The fourth-order valence-electron chi connectivity index (χ4n) is 0.903. The molecule has 0 aromatic rings. The number of hydrogen-bond donors (Lipinski definition) is 3. The molecule has 0 saturated carbocycles. The van der Waals surface area contributed by atoms with Gasteiger partial charge in [-0.05, 0) is 26.3 Å². The lowest BCUT2D eigenvalue weighted by molar-refractivity contribution is -0.114. The van der Waals surface area contributed by atoms with Gasteiger partial charge < -0.3 is 21.2 Å². The lowest BCUT2D eigenvalue weighted by atomic mass is 10.2. The van der Waals surface area contributed by atoms with Gasteiger partial charge in [0.05, 0.1) is 0 Å². The van der Waals surface area contributed by atoms with Crippen LogP contribution in [-0.4, -0.2) is 24.8 Å². The second-order valence-corrected chi connectivity index (χ2v) is 3.80. The summed E-state index contributed by atoms with van der Waals surface area (Å²) in [6.45, 7) is 9.56. The standard InChI is InChI=1S/C11H19N3O2/c1-7(2)6-16-11(14-8(3)4)9(5-12)10(13)15/h5,8,12,14H,1,6H2,2-4H3,(H2,13,15)/b11-9-,12-5?. The van der Waals surface area contributed by atoms with Crippen LogP contribution in [0, 0.1) is 5.41 Å². The second-order valence-electron chi connectivity index (χ2n) is 3.80. The third-order valence-corrected chi connectivity index (χ3v) is 1.54. The zero-order valence-electron chi connectivity index (χ0n) is 9.96. The van der Waals surface area contributed by atoms with Crippen molar-refractivity contribution in [3.05, 3.63) is 23.6 Å². The van der Waals surface area contributed by atoms with Crippen molar-refractivity contribution in [2.75, 3.05) is 6.61 Å². The number of carbonyl (C=O) groups excluding carboxylic acids is 1. The molecule has 0 unspecified atom stereocenters. The van der Waals surface area contributed by atoms with Gasteiger partial charge in [0.2, 0.25) is 5.88 Å². The van der Waals surface area contributed by atoms with Crippen molar-refractivity contribution >= 4 is 12.1 Å². The number of ether oxygens (including phenoxy) is 1. The van der Waals surface area contributed by atoms with Crippen LogP contribution in [-0.2, 0) is 9.53 Å². The first kappa shape index (κ1) is 14.2. The predicted molar refractivity (Wildman–Crippen MR) is 64.0 cm³/mol. The molecule has 0 atom stereocenters. The molecule has 4 N–H and O–H groups in total. The van der Waals surface area contributed by atoms with E-state index in [4.69, 9.17) is 15.9 Å². The summed E-state index contributed by atoms with van der Waals surface area (Å²) >= 11 is 0. The molecule has 0 bridgehead atoms. The summed E-state index contributed by atoms with van der Waals surface area (Å²) < 4.78 is 5.35. The third kappa shape index (κ3) is 5.19. The molecule has 0 aromatic heterocycles. The van der Waals surface area contributed by atoms with E-state index in [9.17, 15) is 4.79 Å². The van der Waals surface area contributed by atoms with Crippen LogP contribution in [0.3, 0.4) is 0 Å². The number of rotatable bonds is 7. The van der Waals surface area contributed by atoms with Gasteiger partial charge in [-0.2, -0.15) is 0 Å². The van der Waals surface area contributed by atoms with Gasteiger partial charge in [0.1, 0.15) is 12.2 Å². The van der Waals surface area contributed by atoms with Crippen LogP contribution < -0.4 is 11.1 Å². The fourth-order valence-corrected chi connectivity index (χ4v) is 0.903. The van der Waals surface area contributed by atoms with E-state index in [0.29, 0.717) is 0 Å². The average Bonchev–Trinajstić information content (AvgIpc) is 2.13. The maximum absolute atomic E-state index is 11.1. The van der Waals surface area contributed by atoms with E-state index in [0.717, 1.165) is 11.8 Å².